The van der Waals surface area contributed by atoms with Gasteiger partial charge in [0.15, 0.2) is 5.78 Å². The molecule has 0 aromatic heterocycles. The summed E-state index contributed by atoms with van der Waals surface area (Å²) in [4.78, 5) is 12.0. The summed E-state index contributed by atoms with van der Waals surface area (Å²) in [5.41, 5.74) is 5.61. The fourth-order valence-corrected chi connectivity index (χ4v) is 2.03. The van der Waals surface area contributed by atoms with Crippen molar-refractivity contribution in [3.8, 4) is 5.75 Å². The Morgan fingerprint density at radius 1 is 1.25 bits per heavy atom. The minimum atomic E-state index is -0.837. The predicted molar refractivity (Wildman–Crippen MR) is 83.3 cm³/mol. The molecular formula is C17H27NO2. The number of ketones is 1. The zero-order valence-electron chi connectivity index (χ0n) is 13.1. The first-order valence-corrected chi connectivity index (χ1v) is 7.45. The molecule has 1 unspecified atom stereocenters. The van der Waals surface area contributed by atoms with Crippen LogP contribution in [0.5, 0.6) is 5.75 Å². The zero-order valence-corrected chi connectivity index (χ0v) is 13.1. The third-order valence-electron chi connectivity index (χ3n) is 3.25. The number of hydrogen-bond acceptors (Lipinski definition) is 3. The summed E-state index contributed by atoms with van der Waals surface area (Å²) in [7, 11) is 0. The van der Waals surface area contributed by atoms with Gasteiger partial charge in [-0.05, 0) is 57.9 Å². The summed E-state index contributed by atoms with van der Waals surface area (Å²) in [5, 5.41) is 0. The van der Waals surface area contributed by atoms with E-state index in [1.807, 2.05) is 12.1 Å². The molecule has 0 saturated heterocycles. The topological polar surface area (TPSA) is 52.3 Å². The largest absolute Gasteiger partial charge is 0.491 e. The quantitative estimate of drug-likeness (QED) is 0.578. The molecule has 0 bridgehead atoms. The standard InChI is InChI=1S/C17H27NO2/c1-5-6-7-8-13(2)20-15-11-9-14(10-12-15)16(19)17(3,4)18/h9-13H,5-8,18H2,1-4H3. The maximum atomic E-state index is 12.0. The van der Waals surface area contributed by atoms with Gasteiger partial charge in [0.2, 0.25) is 0 Å². The molecule has 0 saturated carbocycles. The number of carbonyl (C=O) groups is 1. The minimum Gasteiger partial charge on any atom is -0.491 e. The molecule has 1 rings (SSSR count). The summed E-state index contributed by atoms with van der Waals surface area (Å²) in [6.45, 7) is 7.71. The molecule has 1 aromatic rings. The fraction of sp³-hybridized carbons (Fsp3) is 0.588. The predicted octanol–water partition coefficient (Wildman–Crippen LogP) is 3.95. The first kappa shape index (κ1) is 16.7. The SMILES string of the molecule is CCCCCC(C)Oc1ccc(C(=O)C(C)(C)N)cc1. The molecule has 0 heterocycles. The van der Waals surface area contributed by atoms with Crippen molar-refractivity contribution in [1.82, 2.24) is 0 Å². The van der Waals surface area contributed by atoms with E-state index in [1.54, 1.807) is 26.0 Å². The summed E-state index contributed by atoms with van der Waals surface area (Å²) >= 11 is 0. The van der Waals surface area contributed by atoms with Crippen LogP contribution in [-0.2, 0) is 0 Å². The summed E-state index contributed by atoms with van der Waals surface area (Å²) in [6, 6.07) is 7.25. The van der Waals surface area contributed by atoms with E-state index >= 15 is 0 Å². The first-order chi connectivity index (χ1) is 9.34. The van der Waals surface area contributed by atoms with Crippen LogP contribution in [0.2, 0.25) is 0 Å². The molecule has 0 spiro atoms. The number of unbranched alkanes of at least 4 members (excludes halogenated alkanes) is 2. The van der Waals surface area contributed by atoms with E-state index in [0.29, 0.717) is 5.56 Å². The summed E-state index contributed by atoms with van der Waals surface area (Å²) in [6.07, 6.45) is 4.92. The zero-order chi connectivity index (χ0) is 15.2. The highest BCUT2D eigenvalue weighted by Crippen LogP contribution is 2.18. The molecule has 2 N–H and O–H groups in total. The van der Waals surface area contributed by atoms with Gasteiger partial charge in [0.1, 0.15) is 5.75 Å². The van der Waals surface area contributed by atoms with Gasteiger partial charge in [-0.3, -0.25) is 4.79 Å². The Hall–Kier alpha value is -1.35. The minimum absolute atomic E-state index is 0.0555. The third kappa shape index (κ3) is 5.33. The van der Waals surface area contributed by atoms with Crippen LogP contribution < -0.4 is 10.5 Å². The molecule has 0 amide bonds. The highest BCUT2D eigenvalue weighted by molar-refractivity contribution is 6.02. The van der Waals surface area contributed by atoms with Gasteiger partial charge >= 0.3 is 0 Å². The number of nitrogens with two attached hydrogens (primary N) is 1. The van der Waals surface area contributed by atoms with Gasteiger partial charge in [-0.25, -0.2) is 0 Å². The molecule has 0 aliphatic heterocycles. The fourth-order valence-electron chi connectivity index (χ4n) is 2.03. The van der Waals surface area contributed by atoms with Crippen molar-refractivity contribution in [3.63, 3.8) is 0 Å². The highest BCUT2D eigenvalue weighted by Gasteiger charge is 2.23. The van der Waals surface area contributed by atoms with Crippen LogP contribution in [0.15, 0.2) is 24.3 Å². The molecule has 0 fully saturated rings. The van der Waals surface area contributed by atoms with Gasteiger partial charge in [0.05, 0.1) is 11.6 Å². The highest BCUT2D eigenvalue weighted by atomic mass is 16.5. The van der Waals surface area contributed by atoms with Crippen LogP contribution in [0.25, 0.3) is 0 Å². The maximum absolute atomic E-state index is 12.0. The lowest BCUT2D eigenvalue weighted by Gasteiger charge is -2.18. The summed E-state index contributed by atoms with van der Waals surface area (Å²) in [5.74, 6) is 0.750. The second-order valence-corrected chi connectivity index (χ2v) is 6.00. The smallest absolute Gasteiger partial charge is 0.182 e. The van der Waals surface area contributed by atoms with Crippen LogP contribution >= 0.6 is 0 Å². The van der Waals surface area contributed by atoms with E-state index < -0.39 is 5.54 Å². The number of hydrogen-bond donors (Lipinski definition) is 1. The lowest BCUT2D eigenvalue weighted by molar-refractivity contribution is 0.0913. The third-order valence-corrected chi connectivity index (χ3v) is 3.25. The molecule has 3 nitrogen and oxygen atoms in total. The van der Waals surface area contributed by atoms with Crippen LogP contribution in [0, 0.1) is 0 Å². The van der Waals surface area contributed by atoms with Gasteiger partial charge in [-0.2, -0.15) is 0 Å². The second-order valence-electron chi connectivity index (χ2n) is 6.00. The van der Waals surface area contributed by atoms with Crippen molar-refractivity contribution in [2.75, 3.05) is 0 Å². The van der Waals surface area contributed by atoms with Crippen LogP contribution in [-0.4, -0.2) is 17.4 Å². The lowest BCUT2D eigenvalue weighted by Crippen LogP contribution is -2.41. The van der Waals surface area contributed by atoms with Crippen LogP contribution in [0.4, 0.5) is 0 Å². The van der Waals surface area contributed by atoms with Crippen molar-refractivity contribution in [2.45, 2.75) is 65.0 Å². The lowest BCUT2D eigenvalue weighted by atomic mass is 9.94. The molecule has 112 valence electrons. The first-order valence-electron chi connectivity index (χ1n) is 7.45. The van der Waals surface area contributed by atoms with E-state index in [-0.39, 0.29) is 11.9 Å². The van der Waals surface area contributed by atoms with Crippen molar-refractivity contribution in [2.24, 2.45) is 5.73 Å². The van der Waals surface area contributed by atoms with E-state index in [9.17, 15) is 4.79 Å². The van der Waals surface area contributed by atoms with E-state index in [2.05, 4.69) is 13.8 Å². The Morgan fingerprint density at radius 2 is 1.85 bits per heavy atom. The molecule has 0 radical (unpaired) electrons. The average molecular weight is 277 g/mol. The van der Waals surface area contributed by atoms with Crippen molar-refractivity contribution >= 4 is 5.78 Å². The van der Waals surface area contributed by atoms with Crippen molar-refractivity contribution in [1.29, 1.82) is 0 Å². The Bertz CT molecular complexity index is 418. The molecule has 0 aliphatic rings. The van der Waals surface area contributed by atoms with Crippen LogP contribution in [0.3, 0.4) is 0 Å². The Kier molecular flexibility index (Phi) is 6.21. The normalized spacial score (nSPS) is 13.1. The maximum Gasteiger partial charge on any atom is 0.182 e. The van der Waals surface area contributed by atoms with E-state index in [4.69, 9.17) is 10.5 Å². The number of rotatable bonds is 8. The van der Waals surface area contributed by atoms with Gasteiger partial charge in [-0.1, -0.05) is 19.8 Å². The van der Waals surface area contributed by atoms with Gasteiger partial charge < -0.3 is 10.5 Å². The Labute approximate surface area is 122 Å². The molecule has 3 heteroatoms. The van der Waals surface area contributed by atoms with Gasteiger partial charge in [0, 0.05) is 5.56 Å². The van der Waals surface area contributed by atoms with Gasteiger partial charge in [-0.15, -0.1) is 0 Å². The number of ether oxygens (including phenoxy) is 1. The van der Waals surface area contributed by atoms with E-state index in [1.165, 1.54) is 19.3 Å². The molecule has 1 atom stereocenters. The molecule has 20 heavy (non-hydrogen) atoms. The Morgan fingerprint density at radius 3 is 2.35 bits per heavy atom. The van der Waals surface area contributed by atoms with Gasteiger partial charge in [0.25, 0.3) is 0 Å². The number of benzene rings is 1. The molecular weight excluding hydrogens is 250 g/mol. The average Bonchev–Trinajstić information content (AvgIpc) is 2.38. The molecule has 0 aliphatic carbocycles. The van der Waals surface area contributed by atoms with Crippen LogP contribution in [0.1, 0.15) is 63.7 Å². The van der Waals surface area contributed by atoms with E-state index in [0.717, 1.165) is 12.2 Å². The monoisotopic (exact) mass is 277 g/mol. The number of Topliss-reactive ketones (excluding diaryl/α,β-unsaturated/α-hetero) is 1. The number of carbonyl (C=O) groups excluding carboxylic acids is 1. The van der Waals surface area contributed by atoms with Crippen molar-refractivity contribution < 1.29 is 9.53 Å². The Balaban J connectivity index is 2.56. The second kappa shape index (κ2) is 7.44. The molecule has 1 aromatic carbocycles. The van der Waals surface area contributed by atoms with Crippen molar-refractivity contribution in [3.05, 3.63) is 29.8 Å². The summed E-state index contributed by atoms with van der Waals surface area (Å²) < 4.78 is 5.84.